The summed E-state index contributed by atoms with van der Waals surface area (Å²) in [7, 11) is 0. The van der Waals surface area contributed by atoms with Gasteiger partial charge in [0.15, 0.2) is 6.61 Å². The lowest BCUT2D eigenvalue weighted by molar-refractivity contribution is -0.119. The molecule has 0 aliphatic heterocycles. The average molecular weight is 454 g/mol. The van der Waals surface area contributed by atoms with Crippen molar-refractivity contribution in [1.82, 2.24) is 0 Å². The van der Waals surface area contributed by atoms with Gasteiger partial charge in [-0.1, -0.05) is 50.7 Å². The van der Waals surface area contributed by atoms with E-state index in [1.54, 1.807) is 6.07 Å². The fraction of sp³-hybridized carbons (Fsp3) is 0.0667. The average Bonchev–Trinajstić information content (AvgIpc) is 2.52. The molecule has 0 atom stereocenters. The number of esters is 1. The Morgan fingerprint density at radius 3 is 2.46 bits per heavy atom. The first-order valence-corrected chi connectivity index (χ1v) is 8.30. The Morgan fingerprint density at radius 2 is 1.75 bits per heavy atom. The van der Waals surface area contributed by atoms with Gasteiger partial charge in [0.2, 0.25) is 0 Å². The molecule has 2 aromatic rings. The van der Waals surface area contributed by atoms with E-state index < -0.39 is 18.5 Å². The highest BCUT2D eigenvalue weighted by Crippen LogP contribution is 2.32. The summed E-state index contributed by atoms with van der Waals surface area (Å²) in [5.74, 6) is -1.72. The molecule has 0 aliphatic rings. The number of anilines is 1. The maximum Gasteiger partial charge on any atom is 0.342 e. The maximum atomic E-state index is 11.9. The van der Waals surface area contributed by atoms with Gasteiger partial charge in [-0.25, -0.2) is 4.79 Å². The van der Waals surface area contributed by atoms with Crippen LogP contribution in [0.4, 0.5) is 5.69 Å². The largest absolute Gasteiger partial charge is 0.507 e. The minimum atomic E-state index is -0.843. The molecule has 0 saturated heterocycles. The SMILES string of the molecule is O=C(COC(=O)c1cc(Br)ccc1O)Nc1cc(Cl)c(Cl)cc1Cl. The molecule has 0 spiro atoms. The van der Waals surface area contributed by atoms with Crippen LogP contribution in [0.5, 0.6) is 5.75 Å². The number of nitrogens with one attached hydrogen (secondary N) is 1. The quantitative estimate of drug-likeness (QED) is 0.510. The topological polar surface area (TPSA) is 75.6 Å². The normalized spacial score (nSPS) is 10.3. The number of ether oxygens (including phenoxy) is 1. The maximum absolute atomic E-state index is 11.9. The predicted octanol–water partition coefficient (Wildman–Crippen LogP) is 4.91. The van der Waals surface area contributed by atoms with Crippen molar-refractivity contribution >= 4 is 68.3 Å². The molecule has 1 amide bonds. The van der Waals surface area contributed by atoms with Crippen LogP contribution in [0, 0.1) is 0 Å². The van der Waals surface area contributed by atoms with Crippen molar-refractivity contribution in [2.45, 2.75) is 0 Å². The Kier molecular flexibility index (Phi) is 6.34. The third-order valence-electron chi connectivity index (χ3n) is 2.80. The number of amides is 1. The van der Waals surface area contributed by atoms with Gasteiger partial charge in [-0.2, -0.15) is 0 Å². The number of hydrogen-bond acceptors (Lipinski definition) is 4. The molecule has 0 saturated carbocycles. The summed E-state index contributed by atoms with van der Waals surface area (Å²) in [5.41, 5.74) is 0.169. The number of benzene rings is 2. The Balaban J connectivity index is 2.00. The number of carbonyl (C=O) groups excluding carboxylic acids is 2. The zero-order valence-corrected chi connectivity index (χ0v) is 15.6. The molecular formula is C15H9BrCl3NO4. The molecule has 0 unspecified atom stereocenters. The summed E-state index contributed by atoms with van der Waals surface area (Å²) in [5, 5.41) is 12.7. The zero-order chi connectivity index (χ0) is 17.9. The van der Waals surface area contributed by atoms with E-state index in [1.165, 1.54) is 24.3 Å². The summed E-state index contributed by atoms with van der Waals surface area (Å²) in [6.45, 7) is -0.568. The van der Waals surface area contributed by atoms with E-state index in [-0.39, 0.29) is 32.1 Å². The van der Waals surface area contributed by atoms with Gasteiger partial charge in [0.1, 0.15) is 11.3 Å². The minimum Gasteiger partial charge on any atom is -0.507 e. The van der Waals surface area contributed by atoms with E-state index in [0.717, 1.165) is 0 Å². The molecule has 24 heavy (non-hydrogen) atoms. The first kappa shape index (κ1) is 18.9. The summed E-state index contributed by atoms with van der Waals surface area (Å²) in [6.07, 6.45) is 0. The smallest absolute Gasteiger partial charge is 0.342 e. The number of aromatic hydroxyl groups is 1. The number of rotatable bonds is 4. The van der Waals surface area contributed by atoms with Crippen molar-refractivity contribution in [3.63, 3.8) is 0 Å². The first-order chi connectivity index (χ1) is 11.3. The van der Waals surface area contributed by atoms with Crippen LogP contribution in [0.3, 0.4) is 0 Å². The van der Waals surface area contributed by atoms with Gasteiger partial charge in [0.05, 0.1) is 20.8 Å². The van der Waals surface area contributed by atoms with Crippen LogP contribution >= 0.6 is 50.7 Å². The van der Waals surface area contributed by atoms with E-state index in [2.05, 4.69) is 21.2 Å². The molecule has 2 N–H and O–H groups in total. The van der Waals surface area contributed by atoms with E-state index in [9.17, 15) is 14.7 Å². The molecule has 0 radical (unpaired) electrons. The molecule has 2 rings (SSSR count). The van der Waals surface area contributed by atoms with Gasteiger partial charge in [-0.15, -0.1) is 0 Å². The van der Waals surface area contributed by atoms with E-state index in [4.69, 9.17) is 39.5 Å². The van der Waals surface area contributed by atoms with Crippen LogP contribution in [-0.2, 0) is 9.53 Å². The second-order valence-corrected chi connectivity index (χ2v) is 6.67. The van der Waals surface area contributed by atoms with Crippen molar-refractivity contribution in [2.24, 2.45) is 0 Å². The van der Waals surface area contributed by atoms with E-state index in [1.807, 2.05) is 0 Å². The summed E-state index contributed by atoms with van der Waals surface area (Å²) in [4.78, 5) is 23.7. The van der Waals surface area contributed by atoms with E-state index in [0.29, 0.717) is 4.47 Å². The Morgan fingerprint density at radius 1 is 1.08 bits per heavy atom. The number of hydrogen-bond donors (Lipinski definition) is 2. The highest BCUT2D eigenvalue weighted by atomic mass is 79.9. The van der Waals surface area contributed by atoms with Crippen LogP contribution in [0.1, 0.15) is 10.4 Å². The molecular weight excluding hydrogens is 444 g/mol. The third-order valence-corrected chi connectivity index (χ3v) is 4.33. The lowest BCUT2D eigenvalue weighted by atomic mass is 10.2. The summed E-state index contributed by atoms with van der Waals surface area (Å²) in [6, 6.07) is 7.03. The second kappa shape index (κ2) is 8.07. The highest BCUT2D eigenvalue weighted by molar-refractivity contribution is 9.10. The van der Waals surface area contributed by atoms with Crippen molar-refractivity contribution in [1.29, 1.82) is 0 Å². The third kappa shape index (κ3) is 4.77. The van der Waals surface area contributed by atoms with Gasteiger partial charge in [-0.3, -0.25) is 4.79 Å². The molecule has 0 heterocycles. The molecule has 0 fully saturated rings. The van der Waals surface area contributed by atoms with Crippen LogP contribution in [-0.4, -0.2) is 23.6 Å². The molecule has 126 valence electrons. The molecule has 5 nitrogen and oxygen atoms in total. The van der Waals surface area contributed by atoms with Crippen molar-refractivity contribution in [3.8, 4) is 5.75 Å². The molecule has 9 heteroatoms. The number of carbonyl (C=O) groups is 2. The lowest BCUT2D eigenvalue weighted by Crippen LogP contribution is -2.21. The molecule has 2 aromatic carbocycles. The Hall–Kier alpha value is -1.47. The van der Waals surface area contributed by atoms with Crippen LogP contribution in [0.15, 0.2) is 34.8 Å². The monoisotopic (exact) mass is 451 g/mol. The van der Waals surface area contributed by atoms with Crippen LogP contribution in [0.25, 0.3) is 0 Å². The predicted molar refractivity (Wildman–Crippen MR) is 96.2 cm³/mol. The second-order valence-electron chi connectivity index (χ2n) is 4.53. The van der Waals surface area contributed by atoms with Gasteiger partial charge < -0.3 is 15.2 Å². The Bertz CT molecular complexity index is 814. The first-order valence-electron chi connectivity index (χ1n) is 6.38. The van der Waals surface area contributed by atoms with Gasteiger partial charge in [0.25, 0.3) is 5.91 Å². The minimum absolute atomic E-state index is 0.0651. The molecule has 0 aliphatic carbocycles. The Labute approximate surface area is 160 Å². The van der Waals surface area contributed by atoms with E-state index >= 15 is 0 Å². The molecule has 0 aromatic heterocycles. The van der Waals surface area contributed by atoms with Crippen LogP contribution < -0.4 is 5.32 Å². The summed E-state index contributed by atoms with van der Waals surface area (Å²) >= 11 is 20.8. The summed E-state index contributed by atoms with van der Waals surface area (Å²) < 4.78 is 5.44. The lowest BCUT2D eigenvalue weighted by Gasteiger charge is -2.10. The molecule has 0 bridgehead atoms. The van der Waals surface area contributed by atoms with Crippen LogP contribution in [0.2, 0.25) is 15.1 Å². The van der Waals surface area contributed by atoms with Gasteiger partial charge in [0, 0.05) is 4.47 Å². The number of phenols is 1. The standard InChI is InChI=1S/C15H9BrCl3NO4/c16-7-1-2-13(21)8(3-7)15(23)24-6-14(22)20-12-5-10(18)9(17)4-11(12)19/h1-5,21H,6H2,(H,20,22). The fourth-order valence-electron chi connectivity index (χ4n) is 1.69. The number of halogens is 4. The fourth-order valence-corrected chi connectivity index (χ4v) is 2.64. The number of phenolic OH excluding ortho intramolecular Hbond substituents is 1. The van der Waals surface area contributed by atoms with Crippen molar-refractivity contribution < 1.29 is 19.4 Å². The highest BCUT2D eigenvalue weighted by Gasteiger charge is 2.16. The van der Waals surface area contributed by atoms with Crippen molar-refractivity contribution in [3.05, 3.63) is 55.4 Å². The van der Waals surface area contributed by atoms with Gasteiger partial charge in [-0.05, 0) is 30.3 Å². The van der Waals surface area contributed by atoms with Crippen molar-refractivity contribution in [2.75, 3.05) is 11.9 Å². The zero-order valence-electron chi connectivity index (χ0n) is 11.8. The van der Waals surface area contributed by atoms with Gasteiger partial charge >= 0.3 is 5.97 Å².